The number of fused-ring (bicyclic) bond motifs is 3. The molecular formula is C21H13N3OS. The molecule has 4 rings (SSSR count). The third kappa shape index (κ3) is 3.06. The molecule has 1 aromatic heterocycles. The third-order valence-corrected chi connectivity index (χ3v) is 4.92. The first-order valence-electron chi connectivity index (χ1n) is 8.01. The number of anilines is 1. The Morgan fingerprint density at radius 3 is 2.62 bits per heavy atom. The highest BCUT2D eigenvalue weighted by Gasteiger charge is 2.13. The molecule has 4 aromatic rings. The molecule has 3 aromatic carbocycles. The topological polar surface area (TPSA) is 65.8 Å². The fourth-order valence-corrected chi connectivity index (χ4v) is 3.62. The fraction of sp³-hybridized carbons (Fsp3) is 0. The van der Waals surface area contributed by atoms with Gasteiger partial charge in [-0.25, -0.2) is 4.98 Å². The molecule has 1 heterocycles. The first kappa shape index (κ1) is 16.0. The summed E-state index contributed by atoms with van der Waals surface area (Å²) in [7, 11) is 0. The lowest BCUT2D eigenvalue weighted by Crippen LogP contribution is -2.13. The number of rotatable bonds is 3. The minimum atomic E-state index is -0.459. The van der Waals surface area contributed by atoms with E-state index in [4.69, 9.17) is 0 Å². The fourth-order valence-electron chi connectivity index (χ4n) is 2.74. The molecule has 0 aliphatic heterocycles. The van der Waals surface area contributed by atoms with Gasteiger partial charge in [-0.1, -0.05) is 72.0 Å². The van der Waals surface area contributed by atoms with E-state index in [0.29, 0.717) is 5.13 Å². The van der Waals surface area contributed by atoms with Gasteiger partial charge in [0.05, 0.1) is 10.2 Å². The number of nitrogens with one attached hydrogen (secondary N) is 1. The SMILES string of the molecule is N#CC(=Cc1ccccc1)C(=O)Nc1nc2c(ccc3ccccc32)s1. The Labute approximate surface area is 154 Å². The summed E-state index contributed by atoms with van der Waals surface area (Å²) in [6.45, 7) is 0. The van der Waals surface area contributed by atoms with Crippen LogP contribution in [0.2, 0.25) is 0 Å². The highest BCUT2D eigenvalue weighted by Crippen LogP contribution is 2.31. The van der Waals surface area contributed by atoms with E-state index < -0.39 is 5.91 Å². The maximum Gasteiger partial charge on any atom is 0.268 e. The molecular weight excluding hydrogens is 342 g/mol. The average Bonchev–Trinajstić information content (AvgIpc) is 3.09. The van der Waals surface area contributed by atoms with Crippen molar-refractivity contribution in [1.29, 1.82) is 5.26 Å². The molecule has 0 unspecified atom stereocenters. The number of nitriles is 1. The van der Waals surface area contributed by atoms with Gasteiger partial charge in [-0.3, -0.25) is 10.1 Å². The van der Waals surface area contributed by atoms with Gasteiger partial charge in [0.2, 0.25) is 0 Å². The minimum absolute atomic E-state index is 0.0420. The molecule has 0 aliphatic rings. The van der Waals surface area contributed by atoms with Crippen LogP contribution in [0.5, 0.6) is 0 Å². The highest BCUT2D eigenvalue weighted by atomic mass is 32.1. The van der Waals surface area contributed by atoms with E-state index in [1.807, 2.05) is 72.8 Å². The number of benzene rings is 3. The quantitative estimate of drug-likeness (QED) is 0.416. The zero-order valence-electron chi connectivity index (χ0n) is 13.6. The molecule has 0 saturated heterocycles. The average molecular weight is 355 g/mol. The van der Waals surface area contributed by atoms with Gasteiger partial charge in [0.15, 0.2) is 5.13 Å². The van der Waals surface area contributed by atoms with Gasteiger partial charge in [0.1, 0.15) is 11.6 Å². The van der Waals surface area contributed by atoms with Gasteiger partial charge in [-0.15, -0.1) is 0 Å². The lowest BCUT2D eigenvalue weighted by Gasteiger charge is -2.00. The largest absolute Gasteiger partial charge is 0.297 e. The first-order valence-corrected chi connectivity index (χ1v) is 8.83. The van der Waals surface area contributed by atoms with Crippen molar-refractivity contribution < 1.29 is 4.79 Å². The van der Waals surface area contributed by atoms with Crippen molar-refractivity contribution in [3.8, 4) is 6.07 Å². The van der Waals surface area contributed by atoms with Crippen LogP contribution in [-0.2, 0) is 4.79 Å². The van der Waals surface area contributed by atoms with Crippen molar-refractivity contribution in [2.75, 3.05) is 5.32 Å². The van der Waals surface area contributed by atoms with Crippen LogP contribution in [0.25, 0.3) is 27.1 Å². The summed E-state index contributed by atoms with van der Waals surface area (Å²) in [6, 6.07) is 23.3. The molecule has 0 aliphatic carbocycles. The van der Waals surface area contributed by atoms with Crippen LogP contribution in [0.4, 0.5) is 5.13 Å². The number of amides is 1. The van der Waals surface area contributed by atoms with Crippen molar-refractivity contribution in [1.82, 2.24) is 4.98 Å². The number of carbonyl (C=O) groups is 1. The summed E-state index contributed by atoms with van der Waals surface area (Å²) >= 11 is 1.39. The molecule has 1 N–H and O–H groups in total. The summed E-state index contributed by atoms with van der Waals surface area (Å²) in [6.07, 6.45) is 1.57. The maximum atomic E-state index is 12.5. The van der Waals surface area contributed by atoms with Crippen LogP contribution < -0.4 is 5.32 Å². The number of carbonyl (C=O) groups excluding carboxylic acids is 1. The monoisotopic (exact) mass is 355 g/mol. The number of hydrogen-bond acceptors (Lipinski definition) is 4. The molecule has 0 spiro atoms. The standard InChI is InChI=1S/C21H13N3OS/c22-13-16(12-14-6-2-1-3-7-14)20(25)24-21-23-19-17-9-5-4-8-15(17)10-11-18(19)26-21/h1-12H,(H,23,24,25). The Bertz CT molecular complexity index is 1190. The normalized spacial score (nSPS) is 11.4. The van der Waals surface area contributed by atoms with Crippen molar-refractivity contribution in [3.63, 3.8) is 0 Å². The predicted octanol–water partition coefficient (Wildman–Crippen LogP) is 5.00. The van der Waals surface area contributed by atoms with Gasteiger partial charge in [-0.2, -0.15) is 5.26 Å². The number of hydrogen-bond donors (Lipinski definition) is 1. The van der Waals surface area contributed by atoms with Crippen molar-refractivity contribution in [2.45, 2.75) is 0 Å². The molecule has 0 bridgehead atoms. The van der Waals surface area contributed by atoms with Crippen molar-refractivity contribution in [2.24, 2.45) is 0 Å². The predicted molar refractivity (Wildman–Crippen MR) is 106 cm³/mol. The first-order chi connectivity index (χ1) is 12.7. The molecule has 4 nitrogen and oxygen atoms in total. The van der Waals surface area contributed by atoms with Gasteiger partial charge < -0.3 is 0 Å². The zero-order chi connectivity index (χ0) is 17.9. The number of nitrogens with zero attached hydrogens (tertiary/aromatic N) is 2. The molecule has 0 atom stereocenters. The van der Waals surface area contributed by atoms with E-state index in [0.717, 1.165) is 26.6 Å². The van der Waals surface area contributed by atoms with Crippen LogP contribution in [0.1, 0.15) is 5.56 Å². The van der Waals surface area contributed by atoms with Crippen LogP contribution >= 0.6 is 11.3 Å². The molecule has 0 radical (unpaired) electrons. The van der Waals surface area contributed by atoms with Crippen molar-refractivity contribution in [3.05, 3.63) is 77.9 Å². The summed E-state index contributed by atoms with van der Waals surface area (Å²) in [4.78, 5) is 17.0. The smallest absolute Gasteiger partial charge is 0.268 e. The molecule has 124 valence electrons. The molecule has 0 saturated carbocycles. The van der Waals surface area contributed by atoms with Gasteiger partial charge in [0.25, 0.3) is 5.91 Å². The van der Waals surface area contributed by atoms with Crippen LogP contribution in [0.3, 0.4) is 0 Å². The second kappa shape index (κ2) is 6.79. The Balaban J connectivity index is 1.66. The summed E-state index contributed by atoms with van der Waals surface area (Å²) < 4.78 is 0.990. The lowest BCUT2D eigenvalue weighted by atomic mass is 10.1. The Morgan fingerprint density at radius 2 is 1.81 bits per heavy atom. The third-order valence-electron chi connectivity index (χ3n) is 3.98. The highest BCUT2D eigenvalue weighted by molar-refractivity contribution is 7.22. The Hall–Kier alpha value is -3.49. The maximum absolute atomic E-state index is 12.5. The van der Waals surface area contributed by atoms with Gasteiger partial charge >= 0.3 is 0 Å². The van der Waals surface area contributed by atoms with Crippen molar-refractivity contribution >= 4 is 49.4 Å². The van der Waals surface area contributed by atoms with Crippen LogP contribution in [0.15, 0.2) is 72.3 Å². The molecule has 5 heteroatoms. The van der Waals surface area contributed by atoms with Crippen LogP contribution in [-0.4, -0.2) is 10.9 Å². The van der Waals surface area contributed by atoms with E-state index in [9.17, 15) is 10.1 Å². The minimum Gasteiger partial charge on any atom is -0.297 e. The second-order valence-electron chi connectivity index (χ2n) is 5.69. The van der Waals surface area contributed by atoms with E-state index in [2.05, 4.69) is 10.3 Å². The Morgan fingerprint density at radius 1 is 1.04 bits per heavy atom. The van der Waals surface area contributed by atoms with E-state index in [1.165, 1.54) is 11.3 Å². The molecule has 26 heavy (non-hydrogen) atoms. The Kier molecular flexibility index (Phi) is 4.18. The van der Waals surface area contributed by atoms with E-state index in [-0.39, 0.29) is 5.57 Å². The number of aromatic nitrogens is 1. The number of thiazole rings is 1. The lowest BCUT2D eigenvalue weighted by molar-refractivity contribution is -0.112. The summed E-state index contributed by atoms with van der Waals surface area (Å²) in [5, 5.41) is 14.7. The summed E-state index contributed by atoms with van der Waals surface area (Å²) in [5.74, 6) is -0.459. The second-order valence-corrected chi connectivity index (χ2v) is 6.72. The van der Waals surface area contributed by atoms with E-state index in [1.54, 1.807) is 6.08 Å². The van der Waals surface area contributed by atoms with Gasteiger partial charge in [0, 0.05) is 5.39 Å². The van der Waals surface area contributed by atoms with Gasteiger partial charge in [-0.05, 0) is 23.1 Å². The molecule has 1 amide bonds. The van der Waals surface area contributed by atoms with E-state index >= 15 is 0 Å². The molecule has 0 fully saturated rings. The van der Waals surface area contributed by atoms with Crippen LogP contribution in [0, 0.1) is 11.3 Å². The zero-order valence-corrected chi connectivity index (χ0v) is 14.5. The summed E-state index contributed by atoms with van der Waals surface area (Å²) in [5.41, 5.74) is 1.70.